The Kier molecular flexibility index (Phi) is 13.7. The molecule has 13 heavy (non-hydrogen) atoms. The molecule has 0 aliphatic carbocycles. The molecular formula is C12H17Na. The molecule has 0 N–H and O–H groups in total. The number of hydrogen-bond acceptors (Lipinski definition) is 0. The first-order valence-electron chi connectivity index (χ1n) is 4.13. The monoisotopic (exact) mass is 184 g/mol. The van der Waals surface area contributed by atoms with Gasteiger partial charge in [0, 0.05) is 0 Å². The first-order chi connectivity index (χ1) is 5.85. The van der Waals surface area contributed by atoms with Gasteiger partial charge in [0.15, 0.2) is 0 Å². The van der Waals surface area contributed by atoms with Crippen LogP contribution in [0.3, 0.4) is 0 Å². The van der Waals surface area contributed by atoms with Gasteiger partial charge in [-0.05, 0) is 12.0 Å². The van der Waals surface area contributed by atoms with E-state index in [0.29, 0.717) is 0 Å². The molecule has 0 fully saturated rings. The molecule has 0 saturated heterocycles. The van der Waals surface area contributed by atoms with Crippen LogP contribution in [0.15, 0.2) is 49.6 Å². The van der Waals surface area contributed by atoms with E-state index >= 15 is 0 Å². The van der Waals surface area contributed by atoms with Gasteiger partial charge in [-0.3, -0.25) is 0 Å². The second-order valence-electron chi connectivity index (χ2n) is 2.31. The summed E-state index contributed by atoms with van der Waals surface area (Å²) in [4.78, 5) is 0. The molecule has 0 saturated carbocycles. The summed E-state index contributed by atoms with van der Waals surface area (Å²) in [5, 5.41) is 0. The van der Waals surface area contributed by atoms with E-state index in [1.807, 2.05) is 42.5 Å². The number of hydrogen-bond donors (Lipinski definition) is 0. The molecule has 0 atom stereocenters. The third-order valence-electron chi connectivity index (χ3n) is 1.32. The molecule has 0 nitrogen and oxygen atoms in total. The molecule has 0 aliphatic rings. The van der Waals surface area contributed by atoms with E-state index in [2.05, 4.69) is 20.1 Å². The van der Waals surface area contributed by atoms with Crippen molar-refractivity contribution < 1.29 is 0 Å². The Morgan fingerprint density at radius 2 is 1.62 bits per heavy atom. The molecule has 66 valence electrons. The number of allylic oxidation sites excluding steroid dienone is 1. The van der Waals surface area contributed by atoms with Crippen LogP contribution in [0.2, 0.25) is 0 Å². The van der Waals surface area contributed by atoms with Gasteiger partial charge in [-0.1, -0.05) is 56.0 Å². The van der Waals surface area contributed by atoms with Gasteiger partial charge in [-0.2, -0.15) is 0 Å². The van der Waals surface area contributed by atoms with Gasteiger partial charge in [0.05, 0.1) is 0 Å². The van der Waals surface area contributed by atoms with Crippen LogP contribution >= 0.6 is 0 Å². The van der Waals surface area contributed by atoms with E-state index in [-0.39, 0.29) is 29.6 Å². The van der Waals surface area contributed by atoms with E-state index in [4.69, 9.17) is 0 Å². The fourth-order valence-electron chi connectivity index (χ4n) is 0.589. The fourth-order valence-corrected chi connectivity index (χ4v) is 0.589. The first-order valence-corrected chi connectivity index (χ1v) is 4.13. The molecule has 0 aromatic heterocycles. The molecule has 1 heteroatoms. The average Bonchev–Trinajstić information content (AvgIpc) is 2.19. The Labute approximate surface area is 104 Å². The molecule has 0 amide bonds. The summed E-state index contributed by atoms with van der Waals surface area (Å²) in [6.45, 7) is 9.17. The summed E-state index contributed by atoms with van der Waals surface area (Å²) in [7, 11) is 0. The zero-order chi connectivity index (χ0) is 9.23. The van der Waals surface area contributed by atoms with Gasteiger partial charge in [0.1, 0.15) is 0 Å². The van der Waals surface area contributed by atoms with Gasteiger partial charge in [0.25, 0.3) is 0 Å². The third-order valence-corrected chi connectivity index (χ3v) is 1.32. The SMILES string of the molecule is C=CCC.C=Cc1ccccc1.[NaH]. The van der Waals surface area contributed by atoms with Crippen molar-refractivity contribution in [3.63, 3.8) is 0 Å². The van der Waals surface area contributed by atoms with E-state index in [0.717, 1.165) is 6.42 Å². The Balaban J connectivity index is 0. The Morgan fingerprint density at radius 1 is 1.15 bits per heavy atom. The zero-order valence-electron chi connectivity index (χ0n) is 7.66. The molecule has 1 rings (SSSR count). The Morgan fingerprint density at radius 3 is 1.85 bits per heavy atom. The van der Waals surface area contributed by atoms with E-state index in [9.17, 15) is 0 Å². The normalized spacial score (nSPS) is 7.15. The van der Waals surface area contributed by atoms with Crippen LogP contribution in [0, 0.1) is 0 Å². The van der Waals surface area contributed by atoms with Crippen LogP contribution in [0.1, 0.15) is 18.9 Å². The molecule has 0 unspecified atom stereocenters. The molecule has 0 aliphatic heterocycles. The summed E-state index contributed by atoms with van der Waals surface area (Å²) in [6, 6.07) is 10.0. The minimum atomic E-state index is 0. The Hall–Kier alpha value is -0.300. The van der Waals surface area contributed by atoms with Gasteiger partial charge >= 0.3 is 29.6 Å². The second-order valence-corrected chi connectivity index (χ2v) is 2.31. The molecule has 0 heterocycles. The van der Waals surface area contributed by atoms with Crippen LogP contribution in [-0.2, 0) is 0 Å². The topological polar surface area (TPSA) is 0 Å². The molecule has 0 radical (unpaired) electrons. The van der Waals surface area contributed by atoms with Crippen molar-refractivity contribution in [1.29, 1.82) is 0 Å². The van der Waals surface area contributed by atoms with Crippen LogP contribution in [0.5, 0.6) is 0 Å². The van der Waals surface area contributed by atoms with Crippen molar-refractivity contribution >= 4 is 35.6 Å². The fraction of sp³-hybridized carbons (Fsp3) is 0.167. The van der Waals surface area contributed by atoms with Gasteiger partial charge in [0.2, 0.25) is 0 Å². The van der Waals surface area contributed by atoms with E-state index in [1.54, 1.807) is 0 Å². The van der Waals surface area contributed by atoms with E-state index in [1.165, 1.54) is 5.56 Å². The standard InChI is InChI=1S/C8H8.C4H8.Na.H/c1-2-8-6-4-3-5-7-8;1-3-4-2;;/h2-7H,1H2;3H,1,4H2,2H3;;. The van der Waals surface area contributed by atoms with Crippen LogP contribution in [0.4, 0.5) is 0 Å². The predicted octanol–water partition coefficient (Wildman–Crippen LogP) is 3.26. The van der Waals surface area contributed by atoms with Gasteiger partial charge in [-0.25, -0.2) is 0 Å². The number of rotatable bonds is 2. The summed E-state index contributed by atoms with van der Waals surface area (Å²) in [6.07, 6.45) is 4.79. The van der Waals surface area contributed by atoms with Crippen molar-refractivity contribution in [3.05, 3.63) is 55.1 Å². The maximum absolute atomic E-state index is 3.63. The molecule has 1 aromatic rings. The van der Waals surface area contributed by atoms with Crippen LogP contribution < -0.4 is 0 Å². The van der Waals surface area contributed by atoms with Crippen molar-refractivity contribution in [1.82, 2.24) is 0 Å². The summed E-state index contributed by atoms with van der Waals surface area (Å²) < 4.78 is 0. The zero-order valence-corrected chi connectivity index (χ0v) is 7.66. The first kappa shape index (κ1) is 15.2. The summed E-state index contributed by atoms with van der Waals surface area (Å²) >= 11 is 0. The van der Waals surface area contributed by atoms with Gasteiger partial charge < -0.3 is 0 Å². The number of benzene rings is 1. The molecule has 1 aromatic carbocycles. The third kappa shape index (κ3) is 9.62. The molecule has 0 bridgehead atoms. The second kappa shape index (κ2) is 11.7. The van der Waals surface area contributed by atoms with Crippen molar-refractivity contribution in [2.24, 2.45) is 0 Å². The average molecular weight is 184 g/mol. The van der Waals surface area contributed by atoms with Crippen molar-refractivity contribution in [2.75, 3.05) is 0 Å². The van der Waals surface area contributed by atoms with Crippen LogP contribution in [-0.4, -0.2) is 29.6 Å². The Bertz CT molecular complexity index is 214. The predicted molar refractivity (Wildman–Crippen MR) is 64.2 cm³/mol. The van der Waals surface area contributed by atoms with Crippen molar-refractivity contribution in [3.8, 4) is 0 Å². The maximum atomic E-state index is 3.63. The van der Waals surface area contributed by atoms with Gasteiger partial charge in [-0.15, -0.1) is 6.58 Å². The molecule has 0 spiro atoms. The van der Waals surface area contributed by atoms with E-state index < -0.39 is 0 Å². The van der Waals surface area contributed by atoms with Crippen molar-refractivity contribution in [2.45, 2.75) is 13.3 Å². The minimum absolute atomic E-state index is 0. The summed E-state index contributed by atoms with van der Waals surface area (Å²) in [5.74, 6) is 0. The molecular weight excluding hydrogens is 167 g/mol. The summed E-state index contributed by atoms with van der Waals surface area (Å²) in [5.41, 5.74) is 1.17. The van der Waals surface area contributed by atoms with Crippen LogP contribution in [0.25, 0.3) is 6.08 Å². The quantitative estimate of drug-likeness (QED) is 0.489.